The fourth-order valence-electron chi connectivity index (χ4n) is 1.39. The summed E-state index contributed by atoms with van der Waals surface area (Å²) in [5, 5.41) is 11.6. The van der Waals surface area contributed by atoms with Gasteiger partial charge >= 0.3 is 5.97 Å². The first-order chi connectivity index (χ1) is 7.22. The highest BCUT2D eigenvalue weighted by molar-refractivity contribution is 5.66. The summed E-state index contributed by atoms with van der Waals surface area (Å²) >= 11 is 0. The second kappa shape index (κ2) is 6.19. The van der Waals surface area contributed by atoms with Crippen molar-refractivity contribution in [1.29, 1.82) is 0 Å². The molecule has 3 heteroatoms. The van der Waals surface area contributed by atoms with Crippen molar-refractivity contribution < 1.29 is 9.90 Å². The van der Waals surface area contributed by atoms with E-state index in [9.17, 15) is 4.79 Å². The van der Waals surface area contributed by atoms with E-state index in [0.717, 1.165) is 13.0 Å². The van der Waals surface area contributed by atoms with Crippen LogP contribution in [0.15, 0.2) is 24.3 Å². The number of carboxylic acids is 1. The molecule has 0 atom stereocenters. The molecule has 15 heavy (non-hydrogen) atoms. The Hall–Kier alpha value is -1.35. The third-order valence-electron chi connectivity index (χ3n) is 2.24. The van der Waals surface area contributed by atoms with Crippen molar-refractivity contribution in [2.45, 2.75) is 26.3 Å². The number of aliphatic carboxylic acids is 1. The highest BCUT2D eigenvalue weighted by atomic mass is 16.4. The molecule has 0 aliphatic rings. The summed E-state index contributed by atoms with van der Waals surface area (Å²) in [5.74, 6) is -0.759. The van der Waals surface area contributed by atoms with Gasteiger partial charge in [0.15, 0.2) is 0 Å². The van der Waals surface area contributed by atoms with Crippen LogP contribution >= 0.6 is 0 Å². The van der Waals surface area contributed by atoms with Gasteiger partial charge in [-0.1, -0.05) is 31.2 Å². The molecule has 82 valence electrons. The van der Waals surface area contributed by atoms with Crippen LogP contribution in [0.5, 0.6) is 0 Å². The number of carbonyl (C=O) groups is 1. The van der Waals surface area contributed by atoms with E-state index in [1.54, 1.807) is 0 Å². The van der Waals surface area contributed by atoms with Gasteiger partial charge in [0.2, 0.25) is 0 Å². The number of hydrogen-bond donors (Lipinski definition) is 2. The van der Waals surface area contributed by atoms with E-state index >= 15 is 0 Å². The smallest absolute Gasteiger partial charge is 0.304 e. The van der Waals surface area contributed by atoms with Gasteiger partial charge in [-0.25, -0.2) is 0 Å². The number of hydrogen-bond acceptors (Lipinski definition) is 2. The van der Waals surface area contributed by atoms with Gasteiger partial charge < -0.3 is 10.4 Å². The van der Waals surface area contributed by atoms with E-state index in [1.165, 1.54) is 11.1 Å². The Kier molecular flexibility index (Phi) is 4.84. The minimum absolute atomic E-state index is 0.174. The minimum Gasteiger partial charge on any atom is -0.481 e. The van der Waals surface area contributed by atoms with Crippen LogP contribution in [0.25, 0.3) is 0 Å². The first-order valence-electron chi connectivity index (χ1n) is 5.22. The molecule has 0 saturated heterocycles. The number of nitrogens with one attached hydrogen (secondary N) is 1. The SMILES string of the molecule is CCc1cccc(CNCCC(=O)O)c1. The lowest BCUT2D eigenvalue weighted by Gasteiger charge is -2.04. The Bertz CT molecular complexity index is 323. The second-order valence-electron chi connectivity index (χ2n) is 3.49. The lowest BCUT2D eigenvalue weighted by atomic mass is 10.1. The first-order valence-corrected chi connectivity index (χ1v) is 5.22. The van der Waals surface area contributed by atoms with E-state index < -0.39 is 5.97 Å². The normalized spacial score (nSPS) is 10.2. The molecule has 0 aliphatic heterocycles. The average Bonchev–Trinajstić information content (AvgIpc) is 2.24. The summed E-state index contributed by atoms with van der Waals surface area (Å²) in [7, 11) is 0. The van der Waals surface area contributed by atoms with E-state index in [0.29, 0.717) is 6.54 Å². The van der Waals surface area contributed by atoms with Gasteiger partial charge in [-0.15, -0.1) is 0 Å². The number of rotatable bonds is 6. The van der Waals surface area contributed by atoms with Gasteiger partial charge in [0.1, 0.15) is 0 Å². The Morgan fingerprint density at radius 2 is 2.13 bits per heavy atom. The van der Waals surface area contributed by atoms with Gasteiger partial charge in [0.05, 0.1) is 6.42 Å². The maximum Gasteiger partial charge on any atom is 0.304 e. The van der Waals surface area contributed by atoms with Crippen LogP contribution in [-0.4, -0.2) is 17.6 Å². The van der Waals surface area contributed by atoms with Crippen LogP contribution in [0.1, 0.15) is 24.5 Å². The fourth-order valence-corrected chi connectivity index (χ4v) is 1.39. The predicted molar refractivity (Wildman–Crippen MR) is 59.8 cm³/mol. The summed E-state index contributed by atoms with van der Waals surface area (Å²) in [4.78, 5) is 10.3. The van der Waals surface area contributed by atoms with Crippen LogP contribution in [0.3, 0.4) is 0 Å². The standard InChI is InChI=1S/C12H17NO2/c1-2-10-4-3-5-11(8-10)9-13-7-6-12(14)15/h3-5,8,13H,2,6-7,9H2,1H3,(H,14,15). The Labute approximate surface area is 90.1 Å². The molecule has 3 nitrogen and oxygen atoms in total. The maximum atomic E-state index is 10.3. The quantitative estimate of drug-likeness (QED) is 0.699. The van der Waals surface area contributed by atoms with Gasteiger partial charge in [-0.2, -0.15) is 0 Å². The lowest BCUT2D eigenvalue weighted by molar-refractivity contribution is -0.136. The molecule has 0 unspecified atom stereocenters. The first kappa shape index (κ1) is 11.7. The second-order valence-corrected chi connectivity index (χ2v) is 3.49. The van der Waals surface area contributed by atoms with Crippen molar-refractivity contribution in [3.8, 4) is 0 Å². The molecule has 1 aromatic rings. The zero-order valence-electron chi connectivity index (χ0n) is 8.99. The molecule has 0 bridgehead atoms. The molecule has 1 rings (SSSR count). The zero-order valence-corrected chi connectivity index (χ0v) is 8.99. The molecular formula is C12H17NO2. The van der Waals surface area contributed by atoms with Crippen molar-refractivity contribution >= 4 is 5.97 Å². The average molecular weight is 207 g/mol. The largest absolute Gasteiger partial charge is 0.481 e. The van der Waals surface area contributed by atoms with Gasteiger partial charge in [-0.05, 0) is 17.5 Å². The van der Waals surface area contributed by atoms with E-state index in [4.69, 9.17) is 5.11 Å². The van der Waals surface area contributed by atoms with Crippen molar-refractivity contribution in [1.82, 2.24) is 5.32 Å². The molecule has 0 aliphatic carbocycles. The summed E-state index contributed by atoms with van der Waals surface area (Å²) in [6.45, 7) is 3.38. The highest BCUT2D eigenvalue weighted by Crippen LogP contribution is 2.05. The summed E-state index contributed by atoms with van der Waals surface area (Å²) in [6.07, 6.45) is 1.20. The van der Waals surface area contributed by atoms with Crippen LogP contribution in [0.2, 0.25) is 0 Å². The maximum absolute atomic E-state index is 10.3. The van der Waals surface area contributed by atoms with Crippen molar-refractivity contribution in [3.63, 3.8) is 0 Å². The van der Waals surface area contributed by atoms with Gasteiger partial charge in [0, 0.05) is 13.1 Å². The summed E-state index contributed by atoms with van der Waals surface area (Å²) in [5.41, 5.74) is 2.52. The van der Waals surface area contributed by atoms with Crippen LogP contribution in [-0.2, 0) is 17.8 Å². The molecule has 0 radical (unpaired) electrons. The zero-order chi connectivity index (χ0) is 11.1. The van der Waals surface area contributed by atoms with Crippen LogP contribution in [0, 0.1) is 0 Å². The molecule has 2 N–H and O–H groups in total. The van der Waals surface area contributed by atoms with Crippen LogP contribution < -0.4 is 5.32 Å². The topological polar surface area (TPSA) is 49.3 Å². The molecular weight excluding hydrogens is 190 g/mol. The Balaban J connectivity index is 2.33. The third-order valence-corrected chi connectivity index (χ3v) is 2.24. The van der Waals surface area contributed by atoms with Crippen molar-refractivity contribution in [3.05, 3.63) is 35.4 Å². The van der Waals surface area contributed by atoms with E-state index in [2.05, 4.69) is 24.4 Å². The molecule has 0 saturated carbocycles. The molecule has 0 aromatic heterocycles. The number of carboxylic acid groups (broad SMARTS) is 1. The monoisotopic (exact) mass is 207 g/mol. The molecule has 0 amide bonds. The molecule has 0 fully saturated rings. The minimum atomic E-state index is -0.759. The summed E-state index contributed by atoms with van der Waals surface area (Å²) in [6, 6.07) is 8.33. The number of aryl methyl sites for hydroxylation is 1. The predicted octanol–water partition coefficient (Wildman–Crippen LogP) is 1.81. The van der Waals surface area contributed by atoms with Crippen molar-refractivity contribution in [2.75, 3.05) is 6.54 Å². The van der Waals surface area contributed by atoms with Crippen molar-refractivity contribution in [2.24, 2.45) is 0 Å². The van der Waals surface area contributed by atoms with Gasteiger partial charge in [0.25, 0.3) is 0 Å². The highest BCUT2D eigenvalue weighted by Gasteiger charge is 1.97. The van der Waals surface area contributed by atoms with Gasteiger partial charge in [-0.3, -0.25) is 4.79 Å². The summed E-state index contributed by atoms with van der Waals surface area (Å²) < 4.78 is 0. The third kappa shape index (κ3) is 4.61. The molecule has 1 aromatic carbocycles. The number of benzene rings is 1. The molecule has 0 spiro atoms. The van der Waals surface area contributed by atoms with E-state index in [-0.39, 0.29) is 6.42 Å². The Morgan fingerprint density at radius 1 is 1.40 bits per heavy atom. The lowest BCUT2D eigenvalue weighted by Crippen LogP contribution is -2.17. The van der Waals surface area contributed by atoms with Crippen LogP contribution in [0.4, 0.5) is 0 Å². The Morgan fingerprint density at radius 3 is 2.80 bits per heavy atom. The molecule has 0 heterocycles. The van der Waals surface area contributed by atoms with E-state index in [1.807, 2.05) is 12.1 Å². The fraction of sp³-hybridized carbons (Fsp3) is 0.417.